The smallest absolute Gasteiger partial charge is 0.746 e. The molecule has 0 spiro atoms. The van der Waals surface area contributed by atoms with Crippen LogP contribution in [0.25, 0.3) is 0 Å². The van der Waals surface area contributed by atoms with Crippen molar-refractivity contribution in [2.45, 2.75) is 16.8 Å². The van der Waals surface area contributed by atoms with Gasteiger partial charge in [0.25, 0.3) is 0 Å². The summed E-state index contributed by atoms with van der Waals surface area (Å²) in [5.74, 6) is 0. The summed E-state index contributed by atoms with van der Waals surface area (Å²) in [5, 5.41) is 0. The molecule has 0 saturated heterocycles. The Kier molecular flexibility index (Phi) is 7.49. The van der Waals surface area contributed by atoms with Crippen LogP contribution in [-0.4, -0.2) is 16.4 Å². The molecule has 0 aliphatic rings. The van der Waals surface area contributed by atoms with E-state index in [1.54, 1.807) is 0 Å². The number of rotatable bonds is 2. The monoisotopic (exact) mass is 226 g/mol. The fraction of sp³-hybridized carbons (Fsp3) is 1.00. The quantitative estimate of drug-likeness (QED) is 0.236. The third kappa shape index (κ3) is 4.32. The second-order valence-corrected chi connectivity index (χ2v) is 5.64. The molecule has 3 nitrogen and oxygen atoms in total. The van der Waals surface area contributed by atoms with Crippen molar-refractivity contribution in [1.82, 2.24) is 0 Å². The zero-order chi connectivity index (χ0) is 7.71. The van der Waals surface area contributed by atoms with Crippen molar-refractivity contribution in [2.24, 2.45) is 0 Å². The topological polar surface area (TPSA) is 57.2 Å². The van der Waals surface area contributed by atoms with Crippen molar-refractivity contribution >= 4 is 35.4 Å². The van der Waals surface area contributed by atoms with E-state index in [1.807, 2.05) is 0 Å². The van der Waals surface area contributed by atoms with Crippen molar-refractivity contribution in [3.05, 3.63) is 0 Å². The normalized spacial score (nSPS) is 12.4. The SMILES string of the molecule is CCC(S)(S)S(=O)(=O)[O-].[K+]. The largest absolute Gasteiger partial charge is 1.00 e. The molecule has 0 rings (SSSR count). The van der Waals surface area contributed by atoms with Crippen molar-refractivity contribution in [2.75, 3.05) is 0 Å². The Balaban J connectivity index is 0. The van der Waals surface area contributed by atoms with Gasteiger partial charge in [-0.3, -0.25) is 0 Å². The van der Waals surface area contributed by atoms with Crippen molar-refractivity contribution in [3.8, 4) is 0 Å². The van der Waals surface area contributed by atoms with Crippen LogP contribution in [0.15, 0.2) is 0 Å². The van der Waals surface area contributed by atoms with E-state index in [0.717, 1.165) is 0 Å². The van der Waals surface area contributed by atoms with E-state index in [-0.39, 0.29) is 57.8 Å². The average Bonchev–Trinajstić information content (AvgIpc) is 1.64. The van der Waals surface area contributed by atoms with Crippen molar-refractivity contribution in [3.63, 3.8) is 0 Å². The van der Waals surface area contributed by atoms with Gasteiger partial charge in [-0.25, -0.2) is 8.42 Å². The maximum atomic E-state index is 10.2. The van der Waals surface area contributed by atoms with Gasteiger partial charge in [0.15, 0.2) is 0 Å². The van der Waals surface area contributed by atoms with Gasteiger partial charge in [-0.15, -0.1) is 25.3 Å². The van der Waals surface area contributed by atoms with Gasteiger partial charge in [-0.1, -0.05) is 6.92 Å². The summed E-state index contributed by atoms with van der Waals surface area (Å²) in [6, 6.07) is 0. The molecule has 0 radical (unpaired) electrons. The first-order valence-electron chi connectivity index (χ1n) is 2.21. The molecule has 0 aromatic heterocycles. The van der Waals surface area contributed by atoms with Gasteiger partial charge >= 0.3 is 51.4 Å². The van der Waals surface area contributed by atoms with Crippen LogP contribution >= 0.6 is 25.3 Å². The fourth-order valence-electron chi connectivity index (χ4n) is 0.177. The van der Waals surface area contributed by atoms with E-state index in [2.05, 4.69) is 25.3 Å². The zero-order valence-corrected chi connectivity index (χ0v) is 11.5. The zero-order valence-electron chi connectivity index (χ0n) is 5.73. The molecule has 0 aliphatic heterocycles. The maximum Gasteiger partial charge on any atom is 1.00 e. The molecular weight excluding hydrogens is 219 g/mol. The van der Waals surface area contributed by atoms with Gasteiger partial charge in [0.1, 0.15) is 13.5 Å². The van der Waals surface area contributed by atoms with Gasteiger partial charge in [0.2, 0.25) is 0 Å². The standard InChI is InChI=1S/C3H8O3S3.K/c1-2-3(7,8)9(4,5)6;/h7-8H,2H2,1H3,(H,4,5,6);/q;+1/p-1. The van der Waals surface area contributed by atoms with E-state index >= 15 is 0 Å². The summed E-state index contributed by atoms with van der Waals surface area (Å²) in [5.41, 5.74) is 0. The molecule has 0 heterocycles. The number of hydrogen-bond acceptors (Lipinski definition) is 5. The Bertz CT molecular complexity index is 185. The van der Waals surface area contributed by atoms with Crippen LogP contribution in [0.3, 0.4) is 0 Å². The molecule has 0 unspecified atom stereocenters. The minimum absolute atomic E-state index is 0. The molecule has 0 atom stereocenters. The second-order valence-electron chi connectivity index (χ2n) is 1.55. The maximum absolute atomic E-state index is 10.2. The Hall–Kier alpha value is 2.25. The molecule has 0 aromatic carbocycles. The molecule has 0 fully saturated rings. The third-order valence-corrected chi connectivity index (χ3v) is 3.92. The van der Waals surface area contributed by atoms with E-state index in [9.17, 15) is 13.0 Å². The van der Waals surface area contributed by atoms with Crippen LogP contribution in [0, 0.1) is 0 Å². The van der Waals surface area contributed by atoms with Crippen LogP contribution in [-0.2, 0) is 10.1 Å². The Morgan fingerprint density at radius 2 is 1.80 bits per heavy atom. The molecule has 0 aliphatic carbocycles. The van der Waals surface area contributed by atoms with Crippen LogP contribution in [0.2, 0.25) is 0 Å². The number of hydrogen-bond donors (Lipinski definition) is 2. The first kappa shape index (κ1) is 14.8. The van der Waals surface area contributed by atoms with E-state index in [1.165, 1.54) is 6.92 Å². The molecule has 7 heteroatoms. The molecule has 0 saturated carbocycles. The summed E-state index contributed by atoms with van der Waals surface area (Å²) < 4.78 is 28.8. The van der Waals surface area contributed by atoms with Crippen molar-refractivity contribution < 1.29 is 64.4 Å². The molecule has 0 N–H and O–H groups in total. The molecule has 56 valence electrons. The minimum atomic E-state index is -4.37. The van der Waals surface area contributed by atoms with Crippen LogP contribution < -0.4 is 51.4 Å². The van der Waals surface area contributed by atoms with Gasteiger partial charge < -0.3 is 4.55 Å². The Labute approximate surface area is 114 Å². The fourth-order valence-corrected chi connectivity index (χ4v) is 0.530. The van der Waals surface area contributed by atoms with E-state index in [4.69, 9.17) is 0 Å². The molecule has 0 amide bonds. The summed E-state index contributed by atoms with van der Waals surface area (Å²) in [7, 11) is -4.37. The summed E-state index contributed by atoms with van der Waals surface area (Å²) >= 11 is 7.06. The summed E-state index contributed by atoms with van der Waals surface area (Å²) in [6.07, 6.45) is 0.0883. The third-order valence-electron chi connectivity index (χ3n) is 0.861. The van der Waals surface area contributed by atoms with Crippen LogP contribution in [0.4, 0.5) is 0 Å². The predicted molar refractivity (Wildman–Crippen MR) is 40.7 cm³/mol. The molecule has 0 aromatic rings. The van der Waals surface area contributed by atoms with Gasteiger partial charge in [-0.2, -0.15) is 0 Å². The second kappa shape index (κ2) is 5.08. The molecule has 10 heavy (non-hydrogen) atoms. The van der Waals surface area contributed by atoms with E-state index in [0.29, 0.717) is 0 Å². The first-order chi connectivity index (χ1) is 3.81. The summed E-state index contributed by atoms with van der Waals surface area (Å²) in [6.45, 7) is 1.52. The van der Waals surface area contributed by atoms with Gasteiger partial charge in [0, 0.05) is 0 Å². The van der Waals surface area contributed by atoms with Crippen LogP contribution in [0.5, 0.6) is 0 Å². The van der Waals surface area contributed by atoms with Gasteiger partial charge in [-0.05, 0) is 6.42 Å². The Morgan fingerprint density at radius 3 is 1.80 bits per heavy atom. The average molecular weight is 226 g/mol. The molecular formula is C3H7KO3S3. The summed E-state index contributed by atoms with van der Waals surface area (Å²) in [4.78, 5) is 0. The first-order valence-corrected chi connectivity index (χ1v) is 4.51. The Morgan fingerprint density at radius 1 is 1.50 bits per heavy atom. The molecule has 0 bridgehead atoms. The van der Waals surface area contributed by atoms with Crippen LogP contribution in [0.1, 0.15) is 13.3 Å². The van der Waals surface area contributed by atoms with Crippen molar-refractivity contribution in [1.29, 1.82) is 0 Å². The predicted octanol–water partition coefficient (Wildman–Crippen LogP) is -2.54. The number of thiol groups is 2. The van der Waals surface area contributed by atoms with E-state index < -0.39 is 13.5 Å². The van der Waals surface area contributed by atoms with Gasteiger partial charge in [0.05, 0.1) is 0 Å². The minimum Gasteiger partial charge on any atom is -0.746 e.